The van der Waals surface area contributed by atoms with Crippen LogP contribution in [0, 0.1) is 0 Å². The number of para-hydroxylation sites is 2. The van der Waals surface area contributed by atoms with Crippen LogP contribution in [-0.4, -0.2) is 0 Å². The summed E-state index contributed by atoms with van der Waals surface area (Å²) in [7, 11) is 0. The van der Waals surface area contributed by atoms with Crippen LogP contribution in [0.1, 0.15) is 11.1 Å². The molecule has 0 atom stereocenters. The Bertz CT molecular complexity index is 449. The number of anilines is 2. The molecule has 5 N–H and O–H groups in total. The minimum atomic E-state index is 0.522. The maximum Gasteiger partial charge on any atom is 0.0429 e. The van der Waals surface area contributed by atoms with Gasteiger partial charge in [-0.15, -0.1) is 0 Å². The molecule has 3 heteroatoms. The van der Waals surface area contributed by atoms with Gasteiger partial charge in [-0.3, -0.25) is 0 Å². The lowest BCUT2D eigenvalue weighted by atomic mass is 10.1. The lowest BCUT2D eigenvalue weighted by molar-refractivity contribution is 1.06. The van der Waals surface area contributed by atoms with Gasteiger partial charge in [-0.05, 0) is 23.3 Å². The Morgan fingerprint density at radius 3 is 1.53 bits per heavy atom. The highest BCUT2D eigenvalue weighted by Crippen LogP contribution is 2.23. The van der Waals surface area contributed by atoms with Crippen molar-refractivity contribution in [2.45, 2.75) is 13.1 Å². The van der Waals surface area contributed by atoms with Gasteiger partial charge < -0.3 is 16.8 Å². The molecule has 88 valence electrons. The smallest absolute Gasteiger partial charge is 0.0429 e. The van der Waals surface area contributed by atoms with E-state index in [1.807, 2.05) is 48.5 Å². The summed E-state index contributed by atoms with van der Waals surface area (Å²) in [6, 6.07) is 16.1. The van der Waals surface area contributed by atoms with Gasteiger partial charge in [0.15, 0.2) is 0 Å². The van der Waals surface area contributed by atoms with E-state index in [0.717, 1.165) is 22.5 Å². The molecule has 0 aromatic heterocycles. The quantitative estimate of drug-likeness (QED) is 0.751. The fourth-order valence-electron chi connectivity index (χ4n) is 1.79. The van der Waals surface area contributed by atoms with Crippen LogP contribution in [-0.2, 0) is 13.1 Å². The molecule has 0 saturated carbocycles. The third-order valence-corrected chi connectivity index (χ3v) is 2.74. The first-order valence-electron chi connectivity index (χ1n) is 5.68. The Morgan fingerprint density at radius 1 is 0.706 bits per heavy atom. The standard InChI is InChI=1S/C14H17N3/c15-9-11-5-1-3-7-13(11)17-14-8-4-2-6-12(14)10-16/h1-8,17H,9-10,15-16H2. The number of benzene rings is 2. The summed E-state index contributed by atoms with van der Waals surface area (Å²) in [4.78, 5) is 0. The third kappa shape index (κ3) is 2.64. The summed E-state index contributed by atoms with van der Waals surface area (Å²) >= 11 is 0. The molecule has 0 unspecified atom stereocenters. The molecule has 0 amide bonds. The third-order valence-electron chi connectivity index (χ3n) is 2.74. The van der Waals surface area contributed by atoms with E-state index in [-0.39, 0.29) is 0 Å². The maximum absolute atomic E-state index is 5.71. The van der Waals surface area contributed by atoms with Crippen molar-refractivity contribution in [3.63, 3.8) is 0 Å². The van der Waals surface area contributed by atoms with Crippen LogP contribution in [0.25, 0.3) is 0 Å². The van der Waals surface area contributed by atoms with Crippen LogP contribution in [0.15, 0.2) is 48.5 Å². The van der Waals surface area contributed by atoms with Gasteiger partial charge in [-0.2, -0.15) is 0 Å². The molecular weight excluding hydrogens is 210 g/mol. The van der Waals surface area contributed by atoms with E-state index in [0.29, 0.717) is 13.1 Å². The summed E-state index contributed by atoms with van der Waals surface area (Å²) < 4.78 is 0. The van der Waals surface area contributed by atoms with E-state index in [4.69, 9.17) is 11.5 Å². The first-order chi connectivity index (χ1) is 8.35. The van der Waals surface area contributed by atoms with Crippen molar-refractivity contribution in [1.82, 2.24) is 0 Å². The molecule has 0 aliphatic rings. The van der Waals surface area contributed by atoms with E-state index < -0.39 is 0 Å². The van der Waals surface area contributed by atoms with Gasteiger partial charge in [0.05, 0.1) is 0 Å². The highest BCUT2D eigenvalue weighted by Gasteiger charge is 2.03. The first-order valence-corrected chi connectivity index (χ1v) is 5.68. The Balaban J connectivity index is 2.31. The lowest BCUT2D eigenvalue weighted by Gasteiger charge is -2.13. The summed E-state index contributed by atoms with van der Waals surface area (Å²) in [6.45, 7) is 1.04. The van der Waals surface area contributed by atoms with Gasteiger partial charge >= 0.3 is 0 Å². The fourth-order valence-corrected chi connectivity index (χ4v) is 1.79. The predicted octanol–water partition coefficient (Wildman–Crippen LogP) is 2.35. The minimum Gasteiger partial charge on any atom is -0.355 e. The Kier molecular flexibility index (Phi) is 3.75. The van der Waals surface area contributed by atoms with E-state index in [1.165, 1.54) is 0 Å². The SMILES string of the molecule is NCc1ccccc1Nc1ccccc1CN. The van der Waals surface area contributed by atoms with Crippen molar-refractivity contribution in [3.05, 3.63) is 59.7 Å². The molecule has 0 aliphatic heterocycles. The summed E-state index contributed by atoms with van der Waals surface area (Å²) in [6.07, 6.45) is 0. The molecule has 3 nitrogen and oxygen atoms in total. The van der Waals surface area contributed by atoms with E-state index >= 15 is 0 Å². The van der Waals surface area contributed by atoms with E-state index in [9.17, 15) is 0 Å². The molecular formula is C14H17N3. The van der Waals surface area contributed by atoms with Gasteiger partial charge in [0.25, 0.3) is 0 Å². The number of rotatable bonds is 4. The van der Waals surface area contributed by atoms with Crippen molar-refractivity contribution in [3.8, 4) is 0 Å². The van der Waals surface area contributed by atoms with Crippen LogP contribution in [0.4, 0.5) is 11.4 Å². The molecule has 0 radical (unpaired) electrons. The van der Waals surface area contributed by atoms with Crippen molar-refractivity contribution < 1.29 is 0 Å². The van der Waals surface area contributed by atoms with Crippen LogP contribution in [0.2, 0.25) is 0 Å². The predicted molar refractivity (Wildman–Crippen MR) is 71.9 cm³/mol. The van der Waals surface area contributed by atoms with Gasteiger partial charge in [0.1, 0.15) is 0 Å². The molecule has 0 aliphatic carbocycles. The summed E-state index contributed by atoms with van der Waals surface area (Å²) in [5, 5.41) is 3.38. The lowest BCUT2D eigenvalue weighted by Crippen LogP contribution is -2.05. The second-order valence-corrected chi connectivity index (χ2v) is 3.85. The Labute approximate surface area is 101 Å². The van der Waals surface area contributed by atoms with Gasteiger partial charge in [-0.25, -0.2) is 0 Å². The zero-order valence-corrected chi connectivity index (χ0v) is 9.69. The normalized spacial score (nSPS) is 10.2. The zero-order chi connectivity index (χ0) is 12.1. The Morgan fingerprint density at radius 2 is 1.12 bits per heavy atom. The minimum absolute atomic E-state index is 0.522. The average Bonchev–Trinajstić information content (AvgIpc) is 2.40. The van der Waals surface area contributed by atoms with E-state index in [2.05, 4.69) is 5.32 Å². The van der Waals surface area contributed by atoms with Crippen molar-refractivity contribution >= 4 is 11.4 Å². The number of nitrogens with two attached hydrogens (primary N) is 2. The molecule has 0 spiro atoms. The topological polar surface area (TPSA) is 64.1 Å². The molecule has 2 aromatic rings. The monoisotopic (exact) mass is 227 g/mol. The van der Waals surface area contributed by atoms with Crippen molar-refractivity contribution in [2.75, 3.05) is 5.32 Å². The maximum atomic E-state index is 5.71. The van der Waals surface area contributed by atoms with Gasteiger partial charge in [-0.1, -0.05) is 36.4 Å². The van der Waals surface area contributed by atoms with Crippen molar-refractivity contribution in [1.29, 1.82) is 0 Å². The fraction of sp³-hybridized carbons (Fsp3) is 0.143. The van der Waals surface area contributed by atoms with Crippen molar-refractivity contribution in [2.24, 2.45) is 11.5 Å². The van der Waals surface area contributed by atoms with Gasteiger partial charge in [0.2, 0.25) is 0 Å². The zero-order valence-electron chi connectivity index (χ0n) is 9.69. The molecule has 0 fully saturated rings. The van der Waals surface area contributed by atoms with Crippen LogP contribution in [0.3, 0.4) is 0 Å². The molecule has 0 heterocycles. The first kappa shape index (κ1) is 11.6. The molecule has 2 aromatic carbocycles. The van der Waals surface area contributed by atoms with Crippen LogP contribution < -0.4 is 16.8 Å². The van der Waals surface area contributed by atoms with Gasteiger partial charge in [0, 0.05) is 24.5 Å². The number of hydrogen-bond acceptors (Lipinski definition) is 3. The van der Waals surface area contributed by atoms with E-state index in [1.54, 1.807) is 0 Å². The second-order valence-electron chi connectivity index (χ2n) is 3.85. The highest BCUT2D eigenvalue weighted by atomic mass is 14.9. The van der Waals surface area contributed by atoms with Crippen LogP contribution >= 0.6 is 0 Å². The Hall–Kier alpha value is -1.84. The van der Waals surface area contributed by atoms with Crippen LogP contribution in [0.5, 0.6) is 0 Å². The second kappa shape index (κ2) is 5.48. The summed E-state index contributed by atoms with van der Waals surface area (Å²) in [5.41, 5.74) is 15.7. The average molecular weight is 227 g/mol. The molecule has 0 bridgehead atoms. The highest BCUT2D eigenvalue weighted by molar-refractivity contribution is 5.65. The molecule has 0 saturated heterocycles. The number of nitrogens with one attached hydrogen (secondary N) is 1. The summed E-state index contributed by atoms with van der Waals surface area (Å²) in [5.74, 6) is 0. The largest absolute Gasteiger partial charge is 0.355 e. The molecule has 2 rings (SSSR count). The number of hydrogen-bond donors (Lipinski definition) is 3. The molecule has 17 heavy (non-hydrogen) atoms.